The number of ether oxygens (including phenoxy) is 3. The molecule has 1 atom stereocenters. The highest BCUT2D eigenvalue weighted by Gasteiger charge is 2.19. The van der Waals surface area contributed by atoms with Crippen LogP contribution in [0.15, 0.2) is 72.9 Å². The second-order valence-electron chi connectivity index (χ2n) is 17.1. The summed E-state index contributed by atoms with van der Waals surface area (Å²) in [4.78, 5) is 37.7. The number of hydrogen-bond acceptors (Lipinski definition) is 6. The third kappa shape index (κ3) is 47.9. The van der Waals surface area contributed by atoms with E-state index in [0.717, 1.165) is 96.3 Å². The molecule has 0 bridgehead atoms. The fraction of sp³-hybridized carbons (Fsp3) is 0.732. The lowest BCUT2D eigenvalue weighted by Gasteiger charge is -2.18. The van der Waals surface area contributed by atoms with E-state index in [0.29, 0.717) is 19.3 Å². The maximum absolute atomic E-state index is 12.8. The number of unbranched alkanes of at least 4 members (excludes halogenated alkanes) is 23. The summed E-state index contributed by atoms with van der Waals surface area (Å²) < 4.78 is 16.7. The minimum atomic E-state index is -0.787. The summed E-state index contributed by atoms with van der Waals surface area (Å²) in [5.41, 5.74) is 0. The summed E-state index contributed by atoms with van der Waals surface area (Å²) in [6, 6.07) is 0. The number of allylic oxidation sites excluding steroid dienone is 12. The second-order valence-corrected chi connectivity index (χ2v) is 17.1. The first-order valence-corrected chi connectivity index (χ1v) is 25.9. The third-order valence-electron chi connectivity index (χ3n) is 11.0. The standard InChI is InChI=1S/C56H96O6/c1-4-7-10-13-16-18-20-22-24-26-27-28-29-31-32-34-36-38-40-43-46-49-55(58)61-52-53(51-60-54(57)48-45-42-15-12-9-6-3)62-56(59)50-47-44-41-39-37-35-33-30-25-23-21-19-17-14-11-8-5-2/h7,10,16,18,22,24,27-28,31-32,36,38,53H,4-6,8-9,11-15,17,19-21,23,25-26,29-30,33-35,37,39-52H2,1-3H3/b10-7-,18-16-,24-22-,28-27-,32-31-,38-36-. The Balaban J connectivity index is 4.28. The fourth-order valence-electron chi connectivity index (χ4n) is 7.09. The van der Waals surface area contributed by atoms with Crippen LogP contribution in [-0.2, 0) is 28.6 Å². The molecule has 62 heavy (non-hydrogen) atoms. The van der Waals surface area contributed by atoms with E-state index in [2.05, 4.69) is 93.7 Å². The van der Waals surface area contributed by atoms with Gasteiger partial charge in [-0.05, 0) is 70.6 Å². The lowest BCUT2D eigenvalue weighted by atomic mass is 10.0. The van der Waals surface area contributed by atoms with Gasteiger partial charge in [0.05, 0.1) is 0 Å². The fourth-order valence-corrected chi connectivity index (χ4v) is 7.09. The Morgan fingerprint density at radius 1 is 0.339 bits per heavy atom. The van der Waals surface area contributed by atoms with Gasteiger partial charge in [0.15, 0.2) is 6.10 Å². The van der Waals surface area contributed by atoms with Gasteiger partial charge in [0, 0.05) is 19.3 Å². The highest BCUT2D eigenvalue weighted by molar-refractivity contribution is 5.71. The van der Waals surface area contributed by atoms with E-state index in [-0.39, 0.29) is 31.1 Å². The van der Waals surface area contributed by atoms with Gasteiger partial charge in [-0.3, -0.25) is 14.4 Å². The average molecular weight is 865 g/mol. The van der Waals surface area contributed by atoms with Crippen LogP contribution in [0.2, 0.25) is 0 Å². The van der Waals surface area contributed by atoms with Gasteiger partial charge in [-0.25, -0.2) is 0 Å². The van der Waals surface area contributed by atoms with E-state index < -0.39 is 6.10 Å². The number of esters is 3. The van der Waals surface area contributed by atoms with Crippen LogP contribution in [0.3, 0.4) is 0 Å². The molecule has 0 aromatic rings. The van der Waals surface area contributed by atoms with Crippen LogP contribution >= 0.6 is 0 Å². The molecule has 0 aliphatic rings. The molecule has 0 N–H and O–H groups in total. The maximum atomic E-state index is 12.8. The summed E-state index contributed by atoms with van der Waals surface area (Å²) >= 11 is 0. The zero-order valence-electron chi connectivity index (χ0n) is 40.6. The molecule has 0 aromatic heterocycles. The molecule has 0 saturated carbocycles. The molecule has 0 spiro atoms. The van der Waals surface area contributed by atoms with Crippen molar-refractivity contribution in [3.05, 3.63) is 72.9 Å². The number of carbonyl (C=O) groups excluding carboxylic acids is 3. The highest BCUT2D eigenvalue weighted by atomic mass is 16.6. The van der Waals surface area contributed by atoms with Gasteiger partial charge in [0.1, 0.15) is 13.2 Å². The topological polar surface area (TPSA) is 78.9 Å². The minimum absolute atomic E-state index is 0.0879. The molecule has 0 amide bonds. The van der Waals surface area contributed by atoms with Crippen LogP contribution in [0.4, 0.5) is 0 Å². The van der Waals surface area contributed by atoms with Crippen molar-refractivity contribution in [2.75, 3.05) is 13.2 Å². The number of carbonyl (C=O) groups is 3. The number of hydrogen-bond donors (Lipinski definition) is 0. The van der Waals surface area contributed by atoms with Crippen molar-refractivity contribution in [1.82, 2.24) is 0 Å². The molecular weight excluding hydrogens is 769 g/mol. The zero-order chi connectivity index (χ0) is 45.1. The Kier molecular flexibility index (Phi) is 47.9. The van der Waals surface area contributed by atoms with Crippen LogP contribution in [0.1, 0.15) is 245 Å². The van der Waals surface area contributed by atoms with Gasteiger partial charge in [0.2, 0.25) is 0 Å². The van der Waals surface area contributed by atoms with E-state index in [1.54, 1.807) is 0 Å². The Morgan fingerprint density at radius 2 is 0.629 bits per heavy atom. The van der Waals surface area contributed by atoms with Gasteiger partial charge >= 0.3 is 17.9 Å². The Hall–Kier alpha value is -3.15. The quantitative estimate of drug-likeness (QED) is 0.0262. The van der Waals surface area contributed by atoms with Gasteiger partial charge < -0.3 is 14.2 Å². The van der Waals surface area contributed by atoms with Crippen molar-refractivity contribution in [3.63, 3.8) is 0 Å². The van der Waals surface area contributed by atoms with Crippen molar-refractivity contribution in [2.24, 2.45) is 0 Å². The molecule has 6 heteroatoms. The minimum Gasteiger partial charge on any atom is -0.462 e. The van der Waals surface area contributed by atoms with E-state index in [4.69, 9.17) is 14.2 Å². The molecule has 0 rings (SSSR count). The van der Waals surface area contributed by atoms with Crippen LogP contribution in [-0.4, -0.2) is 37.2 Å². The Labute approximate surface area is 382 Å². The summed E-state index contributed by atoms with van der Waals surface area (Å²) in [6.07, 6.45) is 63.4. The number of rotatable bonds is 46. The van der Waals surface area contributed by atoms with Crippen LogP contribution in [0, 0.1) is 0 Å². The first-order chi connectivity index (χ1) is 30.5. The molecule has 0 aliphatic carbocycles. The summed E-state index contributed by atoms with van der Waals surface area (Å²) in [6.45, 7) is 6.43. The molecule has 0 radical (unpaired) electrons. The SMILES string of the molecule is CC/C=C\C/C=C\C/C=C\C/C=C\C/C=C\C/C=C\CCCCC(=O)OCC(COC(=O)CCCCCCCC)OC(=O)CCCCCCCCCCCCCCCCCCC. The third-order valence-corrected chi connectivity index (χ3v) is 11.0. The van der Waals surface area contributed by atoms with Crippen molar-refractivity contribution >= 4 is 17.9 Å². The van der Waals surface area contributed by atoms with E-state index in [1.165, 1.54) is 109 Å². The van der Waals surface area contributed by atoms with Crippen molar-refractivity contribution < 1.29 is 28.6 Å². The van der Waals surface area contributed by atoms with Crippen molar-refractivity contribution in [2.45, 2.75) is 252 Å². The Bertz CT molecular complexity index is 1180. The van der Waals surface area contributed by atoms with Crippen molar-refractivity contribution in [1.29, 1.82) is 0 Å². The molecule has 0 fully saturated rings. The van der Waals surface area contributed by atoms with Gasteiger partial charge in [-0.2, -0.15) is 0 Å². The monoisotopic (exact) mass is 865 g/mol. The maximum Gasteiger partial charge on any atom is 0.306 e. The van der Waals surface area contributed by atoms with Crippen LogP contribution in [0.25, 0.3) is 0 Å². The van der Waals surface area contributed by atoms with Gasteiger partial charge in [0.25, 0.3) is 0 Å². The molecular formula is C56H96O6. The van der Waals surface area contributed by atoms with E-state index in [9.17, 15) is 14.4 Å². The lowest BCUT2D eigenvalue weighted by Crippen LogP contribution is -2.30. The molecule has 0 aromatic carbocycles. The predicted octanol–water partition coefficient (Wildman–Crippen LogP) is 17.0. The molecule has 1 unspecified atom stereocenters. The normalized spacial score (nSPS) is 12.6. The van der Waals surface area contributed by atoms with Crippen LogP contribution < -0.4 is 0 Å². The first-order valence-electron chi connectivity index (χ1n) is 25.9. The predicted molar refractivity (Wildman–Crippen MR) is 265 cm³/mol. The molecule has 0 aliphatic heterocycles. The lowest BCUT2D eigenvalue weighted by molar-refractivity contribution is -0.167. The zero-order valence-corrected chi connectivity index (χ0v) is 40.6. The Morgan fingerprint density at radius 3 is 0.984 bits per heavy atom. The first kappa shape index (κ1) is 58.9. The molecule has 6 nitrogen and oxygen atoms in total. The molecule has 356 valence electrons. The van der Waals surface area contributed by atoms with Crippen LogP contribution in [0.5, 0.6) is 0 Å². The smallest absolute Gasteiger partial charge is 0.306 e. The second kappa shape index (κ2) is 50.5. The van der Waals surface area contributed by atoms with Crippen molar-refractivity contribution in [3.8, 4) is 0 Å². The summed E-state index contributed by atoms with van der Waals surface area (Å²) in [5, 5.41) is 0. The highest BCUT2D eigenvalue weighted by Crippen LogP contribution is 2.15. The van der Waals surface area contributed by atoms with E-state index >= 15 is 0 Å². The van der Waals surface area contributed by atoms with Gasteiger partial charge in [-0.15, -0.1) is 0 Å². The summed E-state index contributed by atoms with van der Waals surface area (Å²) in [5.74, 6) is -0.939. The summed E-state index contributed by atoms with van der Waals surface area (Å²) in [7, 11) is 0. The van der Waals surface area contributed by atoms with E-state index in [1.807, 2.05) is 0 Å². The molecule has 0 saturated heterocycles. The molecule has 0 heterocycles. The van der Waals surface area contributed by atoms with Gasteiger partial charge in [-0.1, -0.05) is 229 Å². The largest absolute Gasteiger partial charge is 0.462 e. The average Bonchev–Trinajstić information content (AvgIpc) is 3.27.